The van der Waals surface area contributed by atoms with E-state index in [1.54, 1.807) is 4.90 Å². The van der Waals surface area contributed by atoms with Crippen molar-refractivity contribution in [3.05, 3.63) is 65.5 Å². The maximum absolute atomic E-state index is 12.9. The zero-order valence-electron chi connectivity index (χ0n) is 16.5. The number of aromatic nitrogens is 2. The zero-order valence-corrected chi connectivity index (χ0v) is 17.4. The summed E-state index contributed by atoms with van der Waals surface area (Å²) in [5.41, 5.74) is 9.69. The van der Waals surface area contributed by atoms with E-state index in [-0.39, 0.29) is 18.3 Å². The van der Waals surface area contributed by atoms with E-state index in [0.717, 1.165) is 16.8 Å². The molecule has 2 N–H and O–H groups in total. The maximum atomic E-state index is 12.9. The molecule has 152 valence electrons. The van der Waals surface area contributed by atoms with Crippen molar-refractivity contribution < 1.29 is 9.32 Å². The fourth-order valence-electron chi connectivity index (χ4n) is 3.49. The summed E-state index contributed by atoms with van der Waals surface area (Å²) in [5, 5.41) is 4.06. The van der Waals surface area contributed by atoms with Crippen LogP contribution in [0.3, 0.4) is 0 Å². The van der Waals surface area contributed by atoms with Gasteiger partial charge in [-0.1, -0.05) is 55.4 Å². The smallest absolute Gasteiger partial charge is 0.239 e. The number of amides is 1. The van der Waals surface area contributed by atoms with Crippen molar-refractivity contribution in [1.29, 1.82) is 0 Å². The molecule has 1 saturated heterocycles. The molecule has 0 spiro atoms. The third-order valence-electron chi connectivity index (χ3n) is 5.26. The van der Waals surface area contributed by atoms with Crippen LogP contribution in [0.1, 0.15) is 49.1 Å². The number of rotatable bonds is 5. The summed E-state index contributed by atoms with van der Waals surface area (Å²) in [7, 11) is 0. The van der Waals surface area contributed by atoms with Gasteiger partial charge in [0.1, 0.15) is 5.92 Å². The highest BCUT2D eigenvalue weighted by Gasteiger charge is 2.37. The van der Waals surface area contributed by atoms with Gasteiger partial charge in [-0.05, 0) is 35.6 Å². The summed E-state index contributed by atoms with van der Waals surface area (Å²) >= 11 is 0. The molecule has 0 saturated carbocycles. The van der Waals surface area contributed by atoms with Crippen LogP contribution in [0, 0.1) is 0 Å². The fourth-order valence-corrected chi connectivity index (χ4v) is 3.49. The summed E-state index contributed by atoms with van der Waals surface area (Å²) in [6.07, 6.45) is 0.665. The summed E-state index contributed by atoms with van der Waals surface area (Å²) in [6.45, 7) is 5.45. The number of carbonyl (C=O) groups is 1. The average Bonchev–Trinajstić information content (AvgIpc) is 3.35. The molecular weight excluding hydrogens is 388 g/mol. The predicted molar refractivity (Wildman–Crippen MR) is 115 cm³/mol. The molecule has 1 aliphatic rings. The van der Waals surface area contributed by atoms with Crippen molar-refractivity contribution in [2.45, 2.75) is 38.6 Å². The first-order chi connectivity index (χ1) is 13.6. The van der Waals surface area contributed by atoms with Gasteiger partial charge < -0.3 is 15.2 Å². The SMILES string of the molecule is CC(C)c1ccc(N2CCC(c3nc(-c4ccc(CN)cc4)no3)C2=O)cc1.Cl. The number of hydrogen-bond donors (Lipinski definition) is 1. The Balaban J connectivity index is 0.00000240. The van der Waals surface area contributed by atoms with Crippen LogP contribution in [0.5, 0.6) is 0 Å². The Bertz CT molecular complexity index is 967. The number of carbonyl (C=O) groups excluding carboxylic acids is 1. The average molecular weight is 413 g/mol. The van der Waals surface area contributed by atoms with Crippen LogP contribution >= 0.6 is 12.4 Å². The Labute approximate surface area is 176 Å². The van der Waals surface area contributed by atoms with E-state index in [1.165, 1.54) is 5.56 Å². The van der Waals surface area contributed by atoms with Gasteiger partial charge in [-0.15, -0.1) is 12.4 Å². The monoisotopic (exact) mass is 412 g/mol. The highest BCUT2D eigenvalue weighted by molar-refractivity contribution is 5.99. The summed E-state index contributed by atoms with van der Waals surface area (Å²) < 4.78 is 5.43. The summed E-state index contributed by atoms with van der Waals surface area (Å²) in [4.78, 5) is 19.2. The van der Waals surface area contributed by atoms with E-state index in [9.17, 15) is 4.79 Å². The largest absolute Gasteiger partial charge is 0.338 e. The molecule has 0 bridgehead atoms. The molecule has 2 aromatic carbocycles. The fraction of sp³-hybridized carbons (Fsp3) is 0.318. The number of hydrogen-bond acceptors (Lipinski definition) is 5. The van der Waals surface area contributed by atoms with Crippen molar-refractivity contribution in [3.63, 3.8) is 0 Å². The van der Waals surface area contributed by atoms with Crippen molar-refractivity contribution >= 4 is 24.0 Å². The molecule has 7 heteroatoms. The van der Waals surface area contributed by atoms with E-state index in [1.807, 2.05) is 36.4 Å². The Morgan fingerprint density at radius 3 is 2.45 bits per heavy atom. The second kappa shape index (κ2) is 8.76. The molecule has 0 aliphatic carbocycles. The molecule has 3 aromatic rings. The van der Waals surface area contributed by atoms with Gasteiger partial charge in [-0.3, -0.25) is 4.79 Å². The second-order valence-electron chi connectivity index (χ2n) is 7.43. The third-order valence-corrected chi connectivity index (χ3v) is 5.26. The molecule has 1 atom stereocenters. The number of nitrogens with zero attached hydrogens (tertiary/aromatic N) is 3. The van der Waals surface area contributed by atoms with Crippen molar-refractivity contribution in [1.82, 2.24) is 10.1 Å². The van der Waals surface area contributed by atoms with Gasteiger partial charge >= 0.3 is 0 Å². The Morgan fingerprint density at radius 2 is 1.83 bits per heavy atom. The second-order valence-corrected chi connectivity index (χ2v) is 7.43. The van der Waals surface area contributed by atoms with E-state index in [2.05, 4.69) is 36.1 Å². The lowest BCUT2D eigenvalue weighted by Crippen LogP contribution is -2.26. The summed E-state index contributed by atoms with van der Waals surface area (Å²) in [5.74, 6) is 0.947. The Hall–Kier alpha value is -2.70. The first-order valence-electron chi connectivity index (χ1n) is 9.61. The van der Waals surface area contributed by atoms with E-state index >= 15 is 0 Å². The molecule has 6 nitrogen and oxygen atoms in total. The number of halogens is 1. The van der Waals surface area contributed by atoms with E-state index in [4.69, 9.17) is 10.3 Å². The molecule has 1 fully saturated rings. The molecule has 1 aromatic heterocycles. The molecule has 2 heterocycles. The molecule has 4 rings (SSSR count). The van der Waals surface area contributed by atoms with Crippen LogP contribution < -0.4 is 10.6 Å². The molecule has 0 radical (unpaired) electrons. The van der Waals surface area contributed by atoms with Gasteiger partial charge in [0, 0.05) is 24.3 Å². The van der Waals surface area contributed by atoms with Gasteiger partial charge in [0.25, 0.3) is 0 Å². The van der Waals surface area contributed by atoms with Crippen LogP contribution in [-0.2, 0) is 11.3 Å². The van der Waals surface area contributed by atoms with Crippen LogP contribution in [0.25, 0.3) is 11.4 Å². The van der Waals surface area contributed by atoms with Crippen LogP contribution in [-0.4, -0.2) is 22.6 Å². The number of nitrogens with two attached hydrogens (primary N) is 1. The Morgan fingerprint density at radius 1 is 1.14 bits per heavy atom. The van der Waals surface area contributed by atoms with E-state index < -0.39 is 5.92 Å². The molecule has 1 unspecified atom stereocenters. The topological polar surface area (TPSA) is 85.2 Å². The molecule has 29 heavy (non-hydrogen) atoms. The lowest BCUT2D eigenvalue weighted by Gasteiger charge is -2.17. The minimum absolute atomic E-state index is 0. The zero-order chi connectivity index (χ0) is 19.7. The van der Waals surface area contributed by atoms with Gasteiger partial charge in [0.15, 0.2) is 0 Å². The summed E-state index contributed by atoms with van der Waals surface area (Å²) in [6, 6.07) is 15.9. The van der Waals surface area contributed by atoms with Gasteiger partial charge in [-0.2, -0.15) is 4.98 Å². The van der Waals surface area contributed by atoms with Gasteiger partial charge in [-0.25, -0.2) is 0 Å². The van der Waals surface area contributed by atoms with Gasteiger partial charge in [0.05, 0.1) is 0 Å². The molecule has 1 aliphatic heterocycles. The highest BCUT2D eigenvalue weighted by atomic mass is 35.5. The normalized spacial score (nSPS) is 16.3. The molecular formula is C22H25ClN4O2. The minimum Gasteiger partial charge on any atom is -0.338 e. The minimum atomic E-state index is -0.394. The van der Waals surface area contributed by atoms with Crippen molar-refractivity contribution in [2.75, 3.05) is 11.4 Å². The lowest BCUT2D eigenvalue weighted by atomic mass is 10.0. The first-order valence-corrected chi connectivity index (χ1v) is 9.61. The molecule has 1 amide bonds. The highest BCUT2D eigenvalue weighted by Crippen LogP contribution is 2.33. The first kappa shape index (κ1) is 21.0. The van der Waals surface area contributed by atoms with Crippen LogP contribution in [0.4, 0.5) is 5.69 Å². The van der Waals surface area contributed by atoms with Crippen LogP contribution in [0.15, 0.2) is 53.1 Å². The van der Waals surface area contributed by atoms with E-state index in [0.29, 0.717) is 37.1 Å². The van der Waals surface area contributed by atoms with Crippen LogP contribution in [0.2, 0.25) is 0 Å². The van der Waals surface area contributed by atoms with Crippen molar-refractivity contribution in [2.24, 2.45) is 5.73 Å². The third kappa shape index (κ3) is 4.18. The number of benzene rings is 2. The quantitative estimate of drug-likeness (QED) is 0.676. The number of anilines is 1. The van der Waals surface area contributed by atoms with Gasteiger partial charge in [0.2, 0.25) is 17.6 Å². The lowest BCUT2D eigenvalue weighted by molar-refractivity contribution is -0.118. The Kier molecular flexibility index (Phi) is 6.35. The predicted octanol–water partition coefficient (Wildman–Crippen LogP) is 4.26. The van der Waals surface area contributed by atoms with Crippen molar-refractivity contribution in [3.8, 4) is 11.4 Å². The standard InChI is InChI=1S/C22H24N4O2.ClH/c1-14(2)16-7-9-18(10-8-16)26-12-11-19(22(26)27)21-24-20(25-28-21)17-5-3-15(13-23)4-6-17;/h3-10,14,19H,11-13,23H2,1-2H3;1H. The maximum Gasteiger partial charge on any atom is 0.239 e.